The third-order valence-electron chi connectivity index (χ3n) is 5.92. The molecule has 3 fully saturated rings. The number of carbonyl (C=O) groups is 2. The zero-order valence-electron chi connectivity index (χ0n) is 11.3. The van der Waals surface area contributed by atoms with E-state index in [0.717, 1.165) is 9.26 Å². The van der Waals surface area contributed by atoms with E-state index in [4.69, 9.17) is 0 Å². The summed E-state index contributed by atoms with van der Waals surface area (Å²) >= 11 is 2.21. The van der Waals surface area contributed by atoms with Crippen LogP contribution in [0.3, 0.4) is 0 Å². The summed E-state index contributed by atoms with van der Waals surface area (Å²) in [4.78, 5) is 27.2. The number of hydrogen-bond acceptors (Lipinski definition) is 2. The maximum Gasteiger partial charge on any atom is 0.238 e. The number of fused-ring (bicyclic) bond motifs is 3. The maximum absolute atomic E-state index is 12.9. The summed E-state index contributed by atoms with van der Waals surface area (Å²) in [6.45, 7) is 0. The number of nitrogens with zero attached hydrogens (tertiary/aromatic N) is 1. The summed E-state index contributed by atoms with van der Waals surface area (Å²) in [7, 11) is 0. The van der Waals surface area contributed by atoms with Gasteiger partial charge in [-0.1, -0.05) is 18.2 Å². The van der Waals surface area contributed by atoms with Crippen molar-refractivity contribution in [2.75, 3.05) is 4.90 Å². The van der Waals surface area contributed by atoms with Crippen LogP contribution in [0.5, 0.6) is 0 Å². The van der Waals surface area contributed by atoms with Crippen molar-refractivity contribution >= 4 is 40.1 Å². The number of carbonyl (C=O) groups excluding carboxylic acids is 2. The second-order valence-corrected chi connectivity index (χ2v) is 7.96. The molecule has 0 radical (unpaired) electrons. The van der Waals surface area contributed by atoms with Crippen LogP contribution >= 0.6 is 22.6 Å². The Morgan fingerprint density at radius 3 is 2.19 bits per heavy atom. The predicted octanol–water partition coefficient (Wildman–Crippen LogP) is 2.99. The summed E-state index contributed by atoms with van der Waals surface area (Å²) in [5, 5.41) is 0. The number of benzene rings is 1. The molecule has 5 rings (SSSR count). The average Bonchev–Trinajstić information content (AvgIpc) is 3.05. The molecule has 4 atom stereocenters. The van der Waals surface area contributed by atoms with E-state index in [1.807, 2.05) is 24.3 Å². The second-order valence-electron chi connectivity index (χ2n) is 6.71. The summed E-state index contributed by atoms with van der Waals surface area (Å²) in [6, 6.07) is 7.65. The van der Waals surface area contributed by atoms with E-state index in [1.54, 1.807) is 0 Å². The molecule has 2 bridgehead atoms. The number of allylic oxidation sites excluding steroid dienone is 2. The third-order valence-corrected chi connectivity index (χ3v) is 6.59. The van der Waals surface area contributed by atoms with Gasteiger partial charge in [0, 0.05) is 3.57 Å². The van der Waals surface area contributed by atoms with Gasteiger partial charge < -0.3 is 0 Å². The van der Waals surface area contributed by atoms with E-state index in [1.165, 1.54) is 17.7 Å². The lowest BCUT2D eigenvalue weighted by Crippen LogP contribution is -2.34. The van der Waals surface area contributed by atoms with Crippen molar-refractivity contribution in [3.05, 3.63) is 40.0 Å². The van der Waals surface area contributed by atoms with Crippen LogP contribution in [0.15, 0.2) is 36.4 Å². The van der Waals surface area contributed by atoms with Crippen LogP contribution in [0.2, 0.25) is 0 Å². The van der Waals surface area contributed by atoms with Crippen molar-refractivity contribution in [3.63, 3.8) is 0 Å². The number of anilines is 1. The molecule has 0 unspecified atom stereocenters. The molecule has 0 aromatic heterocycles. The highest BCUT2D eigenvalue weighted by Gasteiger charge is 2.73. The summed E-state index contributed by atoms with van der Waals surface area (Å²) < 4.78 is 1.04. The monoisotopic (exact) mass is 391 g/mol. The molecule has 1 aromatic rings. The predicted molar refractivity (Wildman–Crippen MR) is 86.4 cm³/mol. The van der Waals surface area contributed by atoms with Crippen LogP contribution in [0, 0.1) is 32.7 Å². The highest BCUT2D eigenvalue weighted by Crippen LogP contribution is 2.73. The average molecular weight is 391 g/mol. The Morgan fingerprint density at radius 2 is 1.67 bits per heavy atom. The van der Waals surface area contributed by atoms with Crippen LogP contribution in [-0.4, -0.2) is 11.8 Å². The summed E-state index contributed by atoms with van der Waals surface area (Å²) in [5.74, 6) is 0.444. The molecule has 106 valence electrons. The normalized spacial score (nSPS) is 37.7. The van der Waals surface area contributed by atoms with Crippen molar-refractivity contribution in [1.82, 2.24) is 0 Å². The fraction of sp³-hybridized carbons (Fsp3) is 0.412. The fourth-order valence-corrected chi connectivity index (χ4v) is 5.47. The molecule has 3 nitrogen and oxygen atoms in total. The quantitative estimate of drug-likeness (QED) is 0.420. The number of hydrogen-bond donors (Lipinski definition) is 0. The Balaban J connectivity index is 1.59. The highest BCUT2D eigenvalue weighted by atomic mass is 127. The maximum atomic E-state index is 12.9. The minimum absolute atomic E-state index is 0.0233. The van der Waals surface area contributed by atoms with Gasteiger partial charge in [-0.2, -0.15) is 0 Å². The fourth-order valence-electron chi connectivity index (χ4n) is 4.95. The van der Waals surface area contributed by atoms with Crippen LogP contribution < -0.4 is 4.90 Å². The topological polar surface area (TPSA) is 37.4 Å². The van der Waals surface area contributed by atoms with Crippen molar-refractivity contribution in [2.24, 2.45) is 29.1 Å². The second kappa shape index (κ2) is 3.77. The number of amides is 2. The van der Waals surface area contributed by atoms with E-state index in [9.17, 15) is 9.59 Å². The molecule has 21 heavy (non-hydrogen) atoms. The molecule has 1 saturated heterocycles. The first kappa shape index (κ1) is 12.4. The van der Waals surface area contributed by atoms with Gasteiger partial charge in [-0.3, -0.25) is 9.59 Å². The lowest BCUT2D eigenvalue weighted by Gasteiger charge is -2.21. The number of rotatable bonds is 1. The number of imide groups is 1. The first-order valence-electron chi connectivity index (χ1n) is 7.45. The molecule has 4 heteroatoms. The van der Waals surface area contributed by atoms with Crippen LogP contribution in [0.25, 0.3) is 0 Å². The van der Waals surface area contributed by atoms with E-state index in [-0.39, 0.29) is 29.1 Å². The Hall–Kier alpha value is -1.17. The number of halogens is 1. The molecule has 0 N–H and O–H groups in total. The molecular formula is C17H14INO2. The zero-order valence-corrected chi connectivity index (χ0v) is 13.5. The largest absolute Gasteiger partial charge is 0.274 e. The van der Waals surface area contributed by atoms with Gasteiger partial charge in [-0.15, -0.1) is 0 Å². The minimum Gasteiger partial charge on any atom is -0.274 e. The zero-order chi connectivity index (χ0) is 14.4. The van der Waals surface area contributed by atoms with Gasteiger partial charge in [-0.25, -0.2) is 4.90 Å². The summed E-state index contributed by atoms with van der Waals surface area (Å²) in [6.07, 6.45) is 6.79. The van der Waals surface area contributed by atoms with Gasteiger partial charge in [-0.05, 0) is 70.9 Å². The molecule has 1 heterocycles. The molecule has 2 saturated carbocycles. The molecule has 1 spiro atoms. The molecule has 3 aliphatic carbocycles. The molecular weight excluding hydrogens is 377 g/mol. The van der Waals surface area contributed by atoms with Gasteiger partial charge in [0.25, 0.3) is 0 Å². The van der Waals surface area contributed by atoms with E-state index in [0.29, 0.717) is 11.8 Å². The van der Waals surface area contributed by atoms with E-state index in [2.05, 4.69) is 34.7 Å². The lowest BCUT2D eigenvalue weighted by molar-refractivity contribution is -0.123. The molecule has 1 aliphatic heterocycles. The van der Waals surface area contributed by atoms with Crippen molar-refractivity contribution in [1.29, 1.82) is 0 Å². The first-order valence-corrected chi connectivity index (χ1v) is 8.53. The van der Waals surface area contributed by atoms with Gasteiger partial charge in [0.05, 0.1) is 17.5 Å². The molecule has 4 aliphatic rings. The van der Waals surface area contributed by atoms with Crippen molar-refractivity contribution in [3.8, 4) is 0 Å². The van der Waals surface area contributed by atoms with Gasteiger partial charge in [0.15, 0.2) is 0 Å². The molecule has 2 amide bonds. The van der Waals surface area contributed by atoms with Gasteiger partial charge >= 0.3 is 0 Å². The van der Waals surface area contributed by atoms with Gasteiger partial charge in [0.2, 0.25) is 11.8 Å². The Labute approximate surface area is 136 Å². The Kier molecular flexibility index (Phi) is 2.22. The third kappa shape index (κ3) is 1.35. The summed E-state index contributed by atoms with van der Waals surface area (Å²) in [5.41, 5.74) is 1.01. The Bertz CT molecular complexity index is 687. The standard InChI is InChI=1S/C17H14INO2/c18-9-2-1-3-10(8-9)19-15(20)13-11-4-5-12(14(13)16(19)21)17(11)6-7-17/h1-5,8,11-14H,6-7H2/t11-,12-,13-,14-/m1/s1. The minimum atomic E-state index is -0.104. The van der Waals surface area contributed by atoms with E-state index >= 15 is 0 Å². The Morgan fingerprint density at radius 1 is 1.05 bits per heavy atom. The smallest absolute Gasteiger partial charge is 0.238 e. The highest BCUT2D eigenvalue weighted by molar-refractivity contribution is 14.1. The first-order chi connectivity index (χ1) is 10.1. The van der Waals surface area contributed by atoms with E-state index < -0.39 is 0 Å². The molecule has 1 aromatic carbocycles. The van der Waals surface area contributed by atoms with Crippen LogP contribution in [0.1, 0.15) is 12.8 Å². The van der Waals surface area contributed by atoms with Gasteiger partial charge in [0.1, 0.15) is 0 Å². The SMILES string of the molecule is O=C1[C@H]2[C@H](C(=O)N1c1cccc(I)c1)[C@H]1C=C[C@H]2C12CC2. The van der Waals surface area contributed by atoms with Crippen LogP contribution in [0.4, 0.5) is 5.69 Å². The van der Waals surface area contributed by atoms with Crippen molar-refractivity contribution in [2.45, 2.75) is 12.8 Å². The lowest BCUT2D eigenvalue weighted by atomic mass is 9.85. The van der Waals surface area contributed by atoms with Crippen molar-refractivity contribution < 1.29 is 9.59 Å². The van der Waals surface area contributed by atoms with Crippen LogP contribution in [-0.2, 0) is 9.59 Å².